The van der Waals surface area contributed by atoms with Gasteiger partial charge in [0.05, 0.1) is 4.92 Å². The molecule has 0 aliphatic carbocycles. The Labute approximate surface area is 98.6 Å². The third-order valence-corrected chi connectivity index (χ3v) is 2.52. The van der Waals surface area contributed by atoms with Crippen LogP contribution >= 0.6 is 0 Å². The number of fused-ring (bicyclic) bond motifs is 1. The van der Waals surface area contributed by atoms with Gasteiger partial charge in [0.2, 0.25) is 6.20 Å². The van der Waals surface area contributed by atoms with Crippen LogP contribution in [0, 0.1) is 10.1 Å². The van der Waals surface area contributed by atoms with E-state index >= 15 is 0 Å². The quantitative estimate of drug-likeness (QED) is 0.458. The molecule has 4 nitrogen and oxygen atoms in total. The topological polar surface area (TPSA) is 48.1 Å². The van der Waals surface area contributed by atoms with Gasteiger partial charge >= 0.3 is 0 Å². The fraction of sp³-hybridized carbons (Fsp3) is 0.0769. The lowest BCUT2D eigenvalue weighted by Gasteiger charge is -1.98. The Balaban J connectivity index is 2.55. The van der Waals surface area contributed by atoms with E-state index in [4.69, 9.17) is 0 Å². The van der Waals surface area contributed by atoms with E-state index in [1.165, 1.54) is 6.08 Å². The minimum atomic E-state index is -0.459. The van der Waals surface area contributed by atoms with Crippen LogP contribution in [-0.2, 0) is 6.54 Å². The van der Waals surface area contributed by atoms with Gasteiger partial charge in [-0.2, -0.15) is 0 Å². The summed E-state index contributed by atoms with van der Waals surface area (Å²) in [6, 6.07) is 7.81. The van der Waals surface area contributed by atoms with Gasteiger partial charge in [0, 0.05) is 35.3 Å². The van der Waals surface area contributed by atoms with E-state index in [1.807, 2.05) is 35.0 Å². The maximum atomic E-state index is 10.3. The number of allylic oxidation sites excluding steroid dienone is 1. The molecule has 0 amide bonds. The van der Waals surface area contributed by atoms with Crippen LogP contribution in [0.3, 0.4) is 0 Å². The summed E-state index contributed by atoms with van der Waals surface area (Å²) in [7, 11) is 0. The van der Waals surface area contributed by atoms with E-state index in [0.29, 0.717) is 6.54 Å². The fourth-order valence-electron chi connectivity index (χ4n) is 1.84. The maximum absolute atomic E-state index is 10.3. The van der Waals surface area contributed by atoms with Gasteiger partial charge in [0.25, 0.3) is 0 Å². The third-order valence-electron chi connectivity index (χ3n) is 2.52. The molecule has 0 N–H and O–H groups in total. The Kier molecular flexibility index (Phi) is 3.05. The van der Waals surface area contributed by atoms with E-state index in [-0.39, 0.29) is 0 Å². The first-order valence-electron chi connectivity index (χ1n) is 5.23. The van der Waals surface area contributed by atoms with Gasteiger partial charge in [-0.15, -0.1) is 6.58 Å². The highest BCUT2D eigenvalue weighted by atomic mass is 16.6. The molecule has 0 radical (unpaired) electrons. The zero-order valence-corrected chi connectivity index (χ0v) is 9.24. The van der Waals surface area contributed by atoms with Gasteiger partial charge in [-0.3, -0.25) is 10.1 Å². The summed E-state index contributed by atoms with van der Waals surface area (Å²) in [5, 5.41) is 11.3. The molecule has 0 bridgehead atoms. The number of rotatable bonds is 4. The second-order valence-corrected chi connectivity index (χ2v) is 3.64. The number of hydrogen-bond donors (Lipinski definition) is 0. The molecule has 17 heavy (non-hydrogen) atoms. The summed E-state index contributed by atoms with van der Waals surface area (Å²) in [6.07, 6.45) is 6.17. The highest BCUT2D eigenvalue weighted by molar-refractivity contribution is 5.89. The Hall–Kier alpha value is -2.36. The molecule has 1 aromatic carbocycles. The van der Waals surface area contributed by atoms with Crippen molar-refractivity contribution in [3.05, 3.63) is 65.0 Å². The van der Waals surface area contributed by atoms with Crippen LogP contribution in [0.5, 0.6) is 0 Å². The van der Waals surface area contributed by atoms with E-state index in [0.717, 1.165) is 22.7 Å². The SMILES string of the molecule is C=CCn1cc(/C=C/[N+](=O)[O-])c2ccccc21. The molecule has 0 saturated carbocycles. The molecule has 1 heterocycles. The fourth-order valence-corrected chi connectivity index (χ4v) is 1.84. The van der Waals surface area contributed by atoms with Gasteiger partial charge < -0.3 is 4.57 Å². The molecule has 0 unspecified atom stereocenters. The van der Waals surface area contributed by atoms with Gasteiger partial charge in [-0.1, -0.05) is 24.3 Å². The highest BCUT2D eigenvalue weighted by Crippen LogP contribution is 2.22. The lowest BCUT2D eigenvalue weighted by atomic mass is 10.2. The molecule has 4 heteroatoms. The first-order chi connectivity index (χ1) is 8.22. The average Bonchev–Trinajstić information content (AvgIpc) is 2.66. The van der Waals surface area contributed by atoms with Gasteiger partial charge in [-0.25, -0.2) is 0 Å². The monoisotopic (exact) mass is 228 g/mol. The number of benzene rings is 1. The third kappa shape index (κ3) is 2.25. The standard InChI is InChI=1S/C13H12N2O2/c1-2-8-14-10-11(7-9-15(16)17)12-5-3-4-6-13(12)14/h2-7,9-10H,1,8H2/b9-7+. The lowest BCUT2D eigenvalue weighted by Crippen LogP contribution is -1.91. The predicted molar refractivity (Wildman–Crippen MR) is 68.2 cm³/mol. The molecular formula is C13H12N2O2. The van der Waals surface area contributed by atoms with Gasteiger partial charge in [0.1, 0.15) is 0 Å². The predicted octanol–water partition coefficient (Wildman–Crippen LogP) is 3.07. The number of nitrogens with zero attached hydrogens (tertiary/aromatic N) is 2. The van der Waals surface area contributed by atoms with Crippen LogP contribution < -0.4 is 0 Å². The van der Waals surface area contributed by atoms with Crippen molar-refractivity contribution in [2.24, 2.45) is 0 Å². The normalized spacial score (nSPS) is 11.1. The summed E-state index contributed by atoms with van der Waals surface area (Å²) in [5.74, 6) is 0. The van der Waals surface area contributed by atoms with Crippen molar-refractivity contribution >= 4 is 17.0 Å². The number of hydrogen-bond acceptors (Lipinski definition) is 2. The Morgan fingerprint density at radius 3 is 2.88 bits per heavy atom. The molecule has 0 fully saturated rings. The molecular weight excluding hydrogens is 216 g/mol. The van der Waals surface area contributed by atoms with Crippen molar-refractivity contribution in [2.45, 2.75) is 6.54 Å². The Morgan fingerprint density at radius 1 is 1.41 bits per heavy atom. The molecule has 0 atom stereocenters. The van der Waals surface area contributed by atoms with E-state index in [1.54, 1.807) is 6.08 Å². The van der Waals surface area contributed by atoms with Crippen LogP contribution in [0.25, 0.3) is 17.0 Å². The Bertz CT molecular complexity index is 596. The van der Waals surface area contributed by atoms with Crippen molar-refractivity contribution in [1.82, 2.24) is 4.57 Å². The molecule has 2 rings (SSSR count). The van der Waals surface area contributed by atoms with Crippen molar-refractivity contribution in [2.75, 3.05) is 0 Å². The van der Waals surface area contributed by atoms with E-state index < -0.39 is 4.92 Å². The van der Waals surface area contributed by atoms with Crippen LogP contribution in [0.1, 0.15) is 5.56 Å². The second kappa shape index (κ2) is 4.65. The largest absolute Gasteiger partial charge is 0.343 e. The summed E-state index contributed by atoms with van der Waals surface area (Å²) in [4.78, 5) is 9.88. The average molecular weight is 228 g/mol. The van der Waals surface area contributed by atoms with Crippen LogP contribution in [0.2, 0.25) is 0 Å². The van der Waals surface area contributed by atoms with Gasteiger partial charge in [-0.05, 0) is 6.07 Å². The Morgan fingerprint density at radius 2 is 2.18 bits per heavy atom. The van der Waals surface area contributed by atoms with Crippen molar-refractivity contribution in [3.63, 3.8) is 0 Å². The summed E-state index contributed by atoms with van der Waals surface area (Å²) >= 11 is 0. The second-order valence-electron chi connectivity index (χ2n) is 3.64. The van der Waals surface area contributed by atoms with Crippen molar-refractivity contribution in [1.29, 1.82) is 0 Å². The minimum absolute atomic E-state index is 0.459. The van der Waals surface area contributed by atoms with Crippen LogP contribution in [-0.4, -0.2) is 9.49 Å². The summed E-state index contributed by atoms with van der Waals surface area (Å²) in [6.45, 7) is 4.39. The van der Waals surface area contributed by atoms with Crippen molar-refractivity contribution in [3.8, 4) is 0 Å². The molecule has 0 aliphatic rings. The zero-order valence-electron chi connectivity index (χ0n) is 9.24. The molecule has 1 aromatic heterocycles. The van der Waals surface area contributed by atoms with E-state index in [9.17, 15) is 10.1 Å². The number of aromatic nitrogens is 1. The van der Waals surface area contributed by atoms with Crippen molar-refractivity contribution < 1.29 is 4.92 Å². The lowest BCUT2D eigenvalue weighted by molar-refractivity contribution is -0.400. The summed E-state index contributed by atoms with van der Waals surface area (Å²) in [5.41, 5.74) is 1.90. The first kappa shape index (κ1) is 11.1. The van der Waals surface area contributed by atoms with Crippen LogP contribution in [0.15, 0.2) is 49.3 Å². The molecule has 2 aromatic rings. The highest BCUT2D eigenvalue weighted by Gasteiger charge is 2.05. The number of para-hydroxylation sites is 1. The number of nitro groups is 1. The zero-order chi connectivity index (χ0) is 12.3. The van der Waals surface area contributed by atoms with E-state index in [2.05, 4.69) is 6.58 Å². The smallest absolute Gasteiger partial charge is 0.235 e. The minimum Gasteiger partial charge on any atom is -0.343 e. The molecule has 86 valence electrons. The maximum Gasteiger partial charge on any atom is 0.235 e. The first-order valence-corrected chi connectivity index (χ1v) is 5.23. The molecule has 0 spiro atoms. The summed E-state index contributed by atoms with van der Waals surface area (Å²) < 4.78 is 2.02. The van der Waals surface area contributed by atoms with Gasteiger partial charge in [0.15, 0.2) is 0 Å². The molecule has 0 aliphatic heterocycles. The molecule has 0 saturated heterocycles. The van der Waals surface area contributed by atoms with Crippen LogP contribution in [0.4, 0.5) is 0 Å².